The van der Waals surface area contributed by atoms with Crippen LogP contribution in [0.1, 0.15) is 23.2 Å². The van der Waals surface area contributed by atoms with E-state index in [1.165, 1.54) is 23.1 Å². The van der Waals surface area contributed by atoms with Gasteiger partial charge in [0.1, 0.15) is 10.7 Å². The number of aromatic nitrogens is 4. The molecule has 154 valence electrons. The van der Waals surface area contributed by atoms with Gasteiger partial charge in [-0.2, -0.15) is 5.10 Å². The lowest BCUT2D eigenvalue weighted by atomic mass is 10.2. The molecule has 0 spiro atoms. The number of para-hydroxylation sites is 1. The Labute approximate surface area is 181 Å². The van der Waals surface area contributed by atoms with Crippen LogP contribution in [0.25, 0.3) is 15.9 Å². The number of benzene rings is 1. The standard InChI is InChI=1S/C21H21N5O2S2/c1-12-13(2)30-21-18(12)20(28)23-17(24-21)11-29-14(3)19(27)22-16-9-10-26(25-16)15-7-5-4-6-8-15/h4-10,14H,11H2,1-3H3,(H,22,25,27)(H,23,24,28). The van der Waals surface area contributed by atoms with Crippen LogP contribution in [-0.2, 0) is 10.5 Å². The summed E-state index contributed by atoms with van der Waals surface area (Å²) in [6.07, 6.45) is 1.80. The number of amides is 1. The lowest BCUT2D eigenvalue weighted by molar-refractivity contribution is -0.115. The van der Waals surface area contributed by atoms with E-state index in [9.17, 15) is 9.59 Å². The van der Waals surface area contributed by atoms with Crippen molar-refractivity contribution in [3.05, 3.63) is 69.2 Å². The molecule has 9 heteroatoms. The monoisotopic (exact) mass is 439 g/mol. The Kier molecular flexibility index (Phi) is 5.74. The first-order chi connectivity index (χ1) is 14.4. The van der Waals surface area contributed by atoms with Gasteiger partial charge in [0.05, 0.1) is 22.1 Å². The molecule has 1 aromatic carbocycles. The number of carbonyl (C=O) groups is 1. The quantitative estimate of drug-likeness (QED) is 0.473. The number of H-pyrrole nitrogens is 1. The first kappa shape index (κ1) is 20.4. The Morgan fingerprint density at radius 1 is 1.27 bits per heavy atom. The Morgan fingerprint density at radius 3 is 2.80 bits per heavy atom. The molecule has 0 aliphatic rings. The summed E-state index contributed by atoms with van der Waals surface area (Å²) in [6.45, 7) is 5.75. The molecule has 7 nitrogen and oxygen atoms in total. The molecule has 1 amide bonds. The van der Waals surface area contributed by atoms with Crippen LogP contribution in [-0.4, -0.2) is 30.9 Å². The predicted molar refractivity (Wildman–Crippen MR) is 123 cm³/mol. The maximum Gasteiger partial charge on any atom is 0.259 e. The van der Waals surface area contributed by atoms with Gasteiger partial charge in [-0.1, -0.05) is 18.2 Å². The molecule has 0 radical (unpaired) electrons. The molecule has 2 N–H and O–H groups in total. The minimum atomic E-state index is -0.334. The minimum Gasteiger partial charge on any atom is -0.309 e. The fraction of sp³-hybridized carbons (Fsp3) is 0.238. The zero-order valence-electron chi connectivity index (χ0n) is 16.8. The summed E-state index contributed by atoms with van der Waals surface area (Å²) >= 11 is 2.93. The van der Waals surface area contributed by atoms with Gasteiger partial charge < -0.3 is 10.3 Å². The van der Waals surface area contributed by atoms with Crippen molar-refractivity contribution in [2.24, 2.45) is 0 Å². The van der Waals surface area contributed by atoms with E-state index in [4.69, 9.17) is 0 Å². The molecular formula is C21H21N5O2S2. The van der Waals surface area contributed by atoms with Crippen LogP contribution in [0.5, 0.6) is 0 Å². The molecule has 0 saturated heterocycles. The number of carbonyl (C=O) groups excluding carboxylic acids is 1. The molecule has 1 unspecified atom stereocenters. The molecule has 1 atom stereocenters. The summed E-state index contributed by atoms with van der Waals surface area (Å²) in [6, 6.07) is 11.5. The highest BCUT2D eigenvalue weighted by Crippen LogP contribution is 2.26. The number of hydrogen-bond donors (Lipinski definition) is 2. The second-order valence-corrected chi connectivity index (χ2v) is 9.43. The van der Waals surface area contributed by atoms with Crippen molar-refractivity contribution in [2.75, 3.05) is 5.32 Å². The molecular weight excluding hydrogens is 418 g/mol. The third kappa shape index (κ3) is 4.17. The number of aryl methyl sites for hydroxylation is 2. The highest BCUT2D eigenvalue weighted by molar-refractivity contribution is 7.99. The van der Waals surface area contributed by atoms with Crippen LogP contribution < -0.4 is 10.9 Å². The molecule has 3 aromatic heterocycles. The Hall–Kier alpha value is -2.91. The van der Waals surface area contributed by atoms with Gasteiger partial charge >= 0.3 is 0 Å². The number of anilines is 1. The van der Waals surface area contributed by atoms with Crippen LogP contribution in [0.15, 0.2) is 47.4 Å². The third-order valence-electron chi connectivity index (χ3n) is 4.79. The summed E-state index contributed by atoms with van der Waals surface area (Å²) in [5.74, 6) is 1.36. The molecule has 4 aromatic rings. The molecule has 0 bridgehead atoms. The first-order valence-electron chi connectivity index (χ1n) is 9.45. The molecule has 0 aliphatic carbocycles. The minimum absolute atomic E-state index is 0.124. The zero-order chi connectivity index (χ0) is 21.3. The normalized spacial score (nSPS) is 12.2. The first-order valence-corrected chi connectivity index (χ1v) is 11.3. The van der Waals surface area contributed by atoms with Crippen molar-refractivity contribution >= 4 is 45.0 Å². The molecule has 0 saturated carbocycles. The number of nitrogens with zero attached hydrogens (tertiary/aromatic N) is 3. The Bertz CT molecular complexity index is 1260. The van der Waals surface area contributed by atoms with Gasteiger partial charge in [-0.3, -0.25) is 9.59 Å². The van der Waals surface area contributed by atoms with E-state index in [1.54, 1.807) is 16.9 Å². The molecule has 3 heterocycles. The topological polar surface area (TPSA) is 92.7 Å². The highest BCUT2D eigenvalue weighted by atomic mass is 32.2. The van der Waals surface area contributed by atoms with E-state index < -0.39 is 0 Å². The number of thioether (sulfide) groups is 1. The lowest BCUT2D eigenvalue weighted by Crippen LogP contribution is -2.23. The Balaban J connectivity index is 1.39. The van der Waals surface area contributed by atoms with Crippen LogP contribution in [0, 0.1) is 13.8 Å². The van der Waals surface area contributed by atoms with Crippen molar-refractivity contribution in [3.63, 3.8) is 0 Å². The second kappa shape index (κ2) is 8.45. The average molecular weight is 440 g/mol. The van der Waals surface area contributed by atoms with Crippen molar-refractivity contribution in [2.45, 2.75) is 31.8 Å². The summed E-state index contributed by atoms with van der Waals surface area (Å²) < 4.78 is 1.71. The van der Waals surface area contributed by atoms with Crippen LogP contribution in [0.2, 0.25) is 0 Å². The predicted octanol–water partition coefficient (Wildman–Crippen LogP) is 4.05. The smallest absolute Gasteiger partial charge is 0.259 e. The average Bonchev–Trinajstić information content (AvgIpc) is 3.31. The van der Waals surface area contributed by atoms with Gasteiger partial charge in [0.25, 0.3) is 5.56 Å². The number of nitrogens with one attached hydrogen (secondary N) is 2. The van der Waals surface area contributed by atoms with Gasteiger partial charge in [0, 0.05) is 17.1 Å². The maximum absolute atomic E-state index is 12.5. The fourth-order valence-corrected chi connectivity index (χ4v) is 4.79. The summed E-state index contributed by atoms with van der Waals surface area (Å²) in [5.41, 5.74) is 1.77. The van der Waals surface area contributed by atoms with E-state index in [0.717, 1.165) is 21.0 Å². The van der Waals surface area contributed by atoms with E-state index in [-0.39, 0.29) is 16.7 Å². The molecule has 0 aliphatic heterocycles. The highest BCUT2D eigenvalue weighted by Gasteiger charge is 2.17. The van der Waals surface area contributed by atoms with Crippen LogP contribution >= 0.6 is 23.1 Å². The van der Waals surface area contributed by atoms with Crippen molar-refractivity contribution in [1.82, 2.24) is 19.7 Å². The molecule has 4 rings (SSSR count). The molecule has 30 heavy (non-hydrogen) atoms. The maximum atomic E-state index is 12.5. The number of aromatic amines is 1. The number of rotatable bonds is 6. The van der Waals surface area contributed by atoms with E-state index >= 15 is 0 Å². The van der Waals surface area contributed by atoms with Crippen molar-refractivity contribution in [1.29, 1.82) is 0 Å². The molecule has 0 fully saturated rings. The van der Waals surface area contributed by atoms with Crippen LogP contribution in [0.4, 0.5) is 5.82 Å². The number of thiophene rings is 1. The summed E-state index contributed by atoms with van der Waals surface area (Å²) in [5, 5.41) is 7.56. The van der Waals surface area contributed by atoms with Gasteiger partial charge in [-0.05, 0) is 38.5 Å². The summed E-state index contributed by atoms with van der Waals surface area (Å²) in [7, 11) is 0. The third-order valence-corrected chi connectivity index (χ3v) is 7.04. The number of hydrogen-bond acceptors (Lipinski definition) is 6. The van der Waals surface area contributed by atoms with E-state index in [1.807, 2.05) is 51.1 Å². The summed E-state index contributed by atoms with van der Waals surface area (Å²) in [4.78, 5) is 34.2. The van der Waals surface area contributed by atoms with E-state index in [2.05, 4.69) is 20.4 Å². The number of fused-ring (bicyclic) bond motifs is 1. The Morgan fingerprint density at radius 2 is 2.03 bits per heavy atom. The van der Waals surface area contributed by atoms with Gasteiger partial charge in [-0.15, -0.1) is 23.1 Å². The van der Waals surface area contributed by atoms with E-state index in [0.29, 0.717) is 22.8 Å². The van der Waals surface area contributed by atoms with Crippen molar-refractivity contribution in [3.8, 4) is 5.69 Å². The largest absolute Gasteiger partial charge is 0.309 e. The van der Waals surface area contributed by atoms with Gasteiger partial charge in [0.15, 0.2) is 5.82 Å². The van der Waals surface area contributed by atoms with Gasteiger partial charge in [0.2, 0.25) is 5.91 Å². The van der Waals surface area contributed by atoms with Gasteiger partial charge in [-0.25, -0.2) is 9.67 Å². The fourth-order valence-electron chi connectivity index (χ4n) is 2.99. The second-order valence-electron chi connectivity index (χ2n) is 6.90. The SMILES string of the molecule is Cc1sc2nc(CSC(C)C(=O)Nc3ccn(-c4ccccc4)n3)[nH]c(=O)c2c1C. The zero-order valence-corrected chi connectivity index (χ0v) is 18.4. The van der Waals surface area contributed by atoms with Crippen LogP contribution in [0.3, 0.4) is 0 Å². The lowest BCUT2D eigenvalue weighted by Gasteiger charge is -2.10. The van der Waals surface area contributed by atoms with Crippen molar-refractivity contribution < 1.29 is 4.79 Å².